The molecule has 4 nitrogen and oxygen atoms in total. The molecule has 0 unspecified atom stereocenters. The summed E-state index contributed by atoms with van der Waals surface area (Å²) in [7, 11) is 2.59. The molecule has 1 aliphatic rings. The predicted octanol–water partition coefficient (Wildman–Crippen LogP) is 3.85. The van der Waals surface area contributed by atoms with Crippen LogP contribution in [-0.4, -0.2) is 26.2 Å². The van der Waals surface area contributed by atoms with Crippen molar-refractivity contribution in [1.29, 1.82) is 0 Å². The molecule has 0 aromatic heterocycles. The maximum absolute atomic E-state index is 12.6. The summed E-state index contributed by atoms with van der Waals surface area (Å²) >= 11 is 3.42. The fraction of sp³-hybridized carbons (Fsp3) is 0.444. The second kappa shape index (κ2) is 6.48. The first-order valence-corrected chi connectivity index (χ1v) is 8.20. The minimum absolute atomic E-state index is 0.0456. The molecule has 23 heavy (non-hydrogen) atoms. The monoisotopic (exact) mass is 380 g/mol. The van der Waals surface area contributed by atoms with E-state index in [1.54, 1.807) is 6.08 Å². The maximum Gasteiger partial charge on any atom is 0.324 e. The zero-order valence-corrected chi connectivity index (χ0v) is 15.2. The lowest BCUT2D eigenvalue weighted by Gasteiger charge is -2.36. The van der Waals surface area contributed by atoms with E-state index in [1.165, 1.54) is 14.2 Å². The van der Waals surface area contributed by atoms with Gasteiger partial charge in [0.15, 0.2) is 5.41 Å². The smallest absolute Gasteiger partial charge is 0.324 e. The largest absolute Gasteiger partial charge is 0.468 e. The van der Waals surface area contributed by atoms with Gasteiger partial charge in [-0.05, 0) is 36.5 Å². The van der Waals surface area contributed by atoms with Gasteiger partial charge in [0.1, 0.15) is 0 Å². The molecule has 2 atom stereocenters. The number of halogens is 1. The summed E-state index contributed by atoms with van der Waals surface area (Å²) in [5.74, 6) is -1.08. The number of hydrogen-bond donors (Lipinski definition) is 0. The first kappa shape index (κ1) is 17.7. The molecule has 1 aliphatic carbocycles. The van der Waals surface area contributed by atoms with Crippen LogP contribution in [0.3, 0.4) is 0 Å². The van der Waals surface area contributed by atoms with Crippen LogP contribution in [0.1, 0.15) is 31.2 Å². The standard InChI is InChI=1S/C18H21BrO4/c1-5-17(2)10-13(12-6-8-14(19)9-7-12)11-18(17,15(20)22-3)16(21)23-4/h5-9,13H,1,10-11H2,2-4H3/t13-,17+/m0/s1. The molecular formula is C18H21BrO4. The van der Waals surface area contributed by atoms with E-state index in [4.69, 9.17) is 9.47 Å². The minimum atomic E-state index is -1.37. The molecule has 1 fully saturated rings. The van der Waals surface area contributed by atoms with Gasteiger partial charge in [0.2, 0.25) is 0 Å². The zero-order valence-electron chi connectivity index (χ0n) is 13.6. The van der Waals surface area contributed by atoms with Crippen molar-refractivity contribution >= 4 is 27.9 Å². The number of esters is 2. The molecule has 0 heterocycles. The Bertz CT molecular complexity index is 606. The lowest BCUT2D eigenvalue weighted by Crippen LogP contribution is -2.49. The molecule has 5 heteroatoms. The Morgan fingerprint density at radius 2 is 1.70 bits per heavy atom. The van der Waals surface area contributed by atoms with Crippen LogP contribution in [0.5, 0.6) is 0 Å². The van der Waals surface area contributed by atoms with Crippen molar-refractivity contribution in [3.8, 4) is 0 Å². The van der Waals surface area contributed by atoms with E-state index < -0.39 is 22.8 Å². The summed E-state index contributed by atoms with van der Waals surface area (Å²) < 4.78 is 10.9. The van der Waals surface area contributed by atoms with Crippen molar-refractivity contribution < 1.29 is 19.1 Å². The molecule has 0 amide bonds. The third-order valence-electron chi connectivity index (χ3n) is 5.06. The first-order chi connectivity index (χ1) is 10.8. The molecule has 0 spiro atoms. The highest BCUT2D eigenvalue weighted by molar-refractivity contribution is 9.10. The van der Waals surface area contributed by atoms with Gasteiger partial charge in [0.05, 0.1) is 14.2 Å². The molecule has 1 aromatic rings. The van der Waals surface area contributed by atoms with Crippen LogP contribution in [0.15, 0.2) is 41.4 Å². The quantitative estimate of drug-likeness (QED) is 0.452. The van der Waals surface area contributed by atoms with Crippen LogP contribution >= 0.6 is 15.9 Å². The molecule has 0 N–H and O–H groups in total. The molecule has 0 bridgehead atoms. The number of carbonyl (C=O) groups is 2. The van der Waals surface area contributed by atoms with Crippen molar-refractivity contribution in [2.75, 3.05) is 14.2 Å². The topological polar surface area (TPSA) is 52.6 Å². The van der Waals surface area contributed by atoms with E-state index in [9.17, 15) is 9.59 Å². The van der Waals surface area contributed by atoms with Gasteiger partial charge in [-0.15, -0.1) is 6.58 Å². The number of allylic oxidation sites excluding steroid dienone is 1. The predicted molar refractivity (Wildman–Crippen MR) is 90.9 cm³/mol. The van der Waals surface area contributed by atoms with Gasteiger partial charge >= 0.3 is 11.9 Å². The summed E-state index contributed by atoms with van der Waals surface area (Å²) in [4.78, 5) is 25.1. The van der Waals surface area contributed by atoms with E-state index in [0.717, 1.165) is 10.0 Å². The normalized spacial score (nSPS) is 25.7. The average Bonchev–Trinajstić information content (AvgIpc) is 2.89. The Labute approximate surface area is 145 Å². The van der Waals surface area contributed by atoms with Crippen molar-refractivity contribution in [2.45, 2.75) is 25.7 Å². The zero-order chi connectivity index (χ0) is 17.3. The van der Waals surface area contributed by atoms with Crippen LogP contribution in [0.25, 0.3) is 0 Å². The number of carbonyl (C=O) groups excluding carboxylic acids is 2. The van der Waals surface area contributed by atoms with Crippen LogP contribution in [0.2, 0.25) is 0 Å². The second-order valence-corrected chi connectivity index (χ2v) is 7.08. The van der Waals surface area contributed by atoms with E-state index >= 15 is 0 Å². The summed E-state index contributed by atoms with van der Waals surface area (Å²) in [6, 6.07) is 7.92. The Hall–Kier alpha value is -1.62. The number of benzene rings is 1. The lowest BCUT2D eigenvalue weighted by atomic mass is 9.66. The highest BCUT2D eigenvalue weighted by Gasteiger charge is 2.65. The molecule has 0 aliphatic heterocycles. The molecule has 1 aromatic carbocycles. The van der Waals surface area contributed by atoms with Gasteiger partial charge in [0.25, 0.3) is 0 Å². The molecular weight excluding hydrogens is 360 g/mol. The van der Waals surface area contributed by atoms with Gasteiger partial charge in [-0.1, -0.05) is 41.1 Å². The Kier molecular flexibility index (Phi) is 4.99. The lowest BCUT2D eigenvalue weighted by molar-refractivity contribution is -0.175. The Balaban J connectivity index is 2.52. The van der Waals surface area contributed by atoms with Crippen LogP contribution in [-0.2, 0) is 19.1 Å². The molecule has 0 radical (unpaired) electrons. The molecule has 1 saturated carbocycles. The van der Waals surface area contributed by atoms with Crippen molar-refractivity contribution in [2.24, 2.45) is 10.8 Å². The van der Waals surface area contributed by atoms with Gasteiger partial charge < -0.3 is 9.47 Å². The first-order valence-electron chi connectivity index (χ1n) is 7.40. The Morgan fingerprint density at radius 1 is 1.17 bits per heavy atom. The van der Waals surface area contributed by atoms with Crippen LogP contribution < -0.4 is 0 Å². The SMILES string of the molecule is C=C[C@]1(C)C[C@H](c2ccc(Br)cc2)CC1(C(=O)OC)C(=O)OC. The fourth-order valence-electron chi connectivity index (χ4n) is 3.65. The third-order valence-corrected chi connectivity index (χ3v) is 5.59. The van der Waals surface area contributed by atoms with Crippen molar-refractivity contribution in [3.63, 3.8) is 0 Å². The summed E-state index contributed by atoms with van der Waals surface area (Å²) in [6.07, 6.45) is 2.65. The summed E-state index contributed by atoms with van der Waals surface area (Å²) in [5.41, 5.74) is -1.02. The number of methoxy groups -OCH3 is 2. The van der Waals surface area contributed by atoms with E-state index in [2.05, 4.69) is 22.5 Å². The molecule has 0 saturated heterocycles. The highest BCUT2D eigenvalue weighted by Crippen LogP contribution is 2.60. The van der Waals surface area contributed by atoms with Gasteiger partial charge in [-0.2, -0.15) is 0 Å². The molecule has 2 rings (SSSR count). The number of ether oxygens (including phenoxy) is 2. The highest BCUT2D eigenvalue weighted by atomic mass is 79.9. The summed E-state index contributed by atoms with van der Waals surface area (Å²) in [6.45, 7) is 5.73. The average molecular weight is 381 g/mol. The second-order valence-electron chi connectivity index (χ2n) is 6.17. The van der Waals surface area contributed by atoms with Gasteiger partial charge in [-0.25, -0.2) is 0 Å². The maximum atomic E-state index is 12.6. The number of rotatable bonds is 4. The van der Waals surface area contributed by atoms with E-state index in [0.29, 0.717) is 12.8 Å². The third kappa shape index (κ3) is 2.71. The van der Waals surface area contributed by atoms with Crippen molar-refractivity contribution in [3.05, 3.63) is 47.0 Å². The van der Waals surface area contributed by atoms with Gasteiger partial charge in [0, 0.05) is 9.89 Å². The van der Waals surface area contributed by atoms with Gasteiger partial charge in [-0.3, -0.25) is 9.59 Å². The Morgan fingerprint density at radius 3 is 2.13 bits per heavy atom. The number of hydrogen-bond acceptors (Lipinski definition) is 4. The van der Waals surface area contributed by atoms with E-state index in [1.807, 2.05) is 31.2 Å². The van der Waals surface area contributed by atoms with Crippen LogP contribution in [0.4, 0.5) is 0 Å². The fourth-order valence-corrected chi connectivity index (χ4v) is 3.92. The minimum Gasteiger partial charge on any atom is -0.468 e. The summed E-state index contributed by atoms with van der Waals surface area (Å²) in [5, 5.41) is 0. The van der Waals surface area contributed by atoms with E-state index in [-0.39, 0.29) is 5.92 Å². The molecule has 124 valence electrons. The van der Waals surface area contributed by atoms with Crippen molar-refractivity contribution in [1.82, 2.24) is 0 Å². The van der Waals surface area contributed by atoms with Crippen LogP contribution in [0, 0.1) is 10.8 Å².